The Morgan fingerprint density at radius 2 is 1.91 bits per heavy atom. The summed E-state index contributed by atoms with van der Waals surface area (Å²) in [5.74, 6) is -2.36. The number of carboxylic acid groups (broad SMARTS) is 1. The molecule has 0 heterocycles. The molecule has 11 heavy (non-hydrogen) atoms. The Labute approximate surface area is 60.1 Å². The second-order valence-electron chi connectivity index (χ2n) is 1.62. The Hall–Kier alpha value is -0.780. The van der Waals surface area contributed by atoms with E-state index >= 15 is 0 Å². The van der Waals surface area contributed by atoms with E-state index in [1.807, 2.05) is 0 Å². The zero-order valence-electron chi connectivity index (χ0n) is 4.97. The van der Waals surface area contributed by atoms with Crippen molar-refractivity contribution in [3.05, 3.63) is 0 Å². The molecule has 0 radical (unpaired) electrons. The van der Waals surface area contributed by atoms with Gasteiger partial charge < -0.3 is 15.3 Å². The summed E-state index contributed by atoms with van der Waals surface area (Å²) in [4.78, 5) is 9.87. The van der Waals surface area contributed by atoms with Crippen LogP contribution in [0.2, 0.25) is 0 Å². The van der Waals surface area contributed by atoms with E-state index in [2.05, 4.69) is 0 Å². The molecule has 2 atom stereocenters. The van der Waals surface area contributed by atoms with Crippen LogP contribution in [-0.4, -0.2) is 33.0 Å². The van der Waals surface area contributed by atoms with Crippen molar-refractivity contribution in [3.8, 4) is 0 Å². The fraction of sp³-hybridized carbons (Fsp3) is 0.667. The molecular weight excluding hydrogens is 182 g/mol. The minimum atomic E-state index is -3.99. The van der Waals surface area contributed by atoms with Crippen LogP contribution in [0.25, 0.3) is 0 Å². The summed E-state index contributed by atoms with van der Waals surface area (Å²) in [7, 11) is -3.99. The third-order valence-electron chi connectivity index (χ3n) is 0.925. The first kappa shape index (κ1) is 10.2. The molecule has 2 unspecified atom stereocenters. The zero-order valence-corrected chi connectivity index (χ0v) is 5.86. The van der Waals surface area contributed by atoms with Gasteiger partial charge in [0.15, 0.2) is 0 Å². The van der Waals surface area contributed by atoms with Gasteiger partial charge >= 0.3 is 19.0 Å². The van der Waals surface area contributed by atoms with Gasteiger partial charge in [0.05, 0.1) is 0 Å². The number of aliphatic carboxylic acids is 1. The number of halogens is 1. The van der Waals surface area contributed by atoms with E-state index in [0.29, 0.717) is 0 Å². The molecule has 0 fully saturated rings. The van der Waals surface area contributed by atoms with Crippen LogP contribution in [0, 0.1) is 0 Å². The first-order valence-corrected chi connectivity index (χ1v) is 3.43. The van der Waals surface area contributed by atoms with Gasteiger partial charge in [-0.2, -0.15) is 0 Å². The molecule has 0 aliphatic rings. The van der Waals surface area contributed by atoms with Crippen LogP contribution in [-0.2, 0) is 13.9 Å². The van der Waals surface area contributed by atoms with Crippen molar-refractivity contribution < 1.29 is 33.6 Å². The minimum absolute atomic E-state index is 2.36. The SMILES string of the molecule is O=C(O)C(O)(C(O)F)P(=O)=O. The van der Waals surface area contributed by atoms with Crippen molar-refractivity contribution in [2.24, 2.45) is 0 Å². The van der Waals surface area contributed by atoms with Crippen LogP contribution in [0.3, 0.4) is 0 Å². The van der Waals surface area contributed by atoms with Gasteiger partial charge in [0.1, 0.15) is 0 Å². The van der Waals surface area contributed by atoms with Crippen LogP contribution < -0.4 is 0 Å². The molecular formula is C3H4FO6P. The molecule has 0 bridgehead atoms. The highest BCUT2D eigenvalue weighted by Gasteiger charge is 2.51. The number of aliphatic hydroxyl groups excluding tert-OH is 1. The predicted molar refractivity (Wildman–Crippen MR) is 28.0 cm³/mol. The number of hydrogen-bond donors (Lipinski definition) is 3. The number of aliphatic hydroxyl groups is 2. The molecule has 0 aromatic rings. The lowest BCUT2D eigenvalue weighted by Gasteiger charge is -2.13. The summed E-state index contributed by atoms with van der Waals surface area (Å²) in [6.45, 7) is 0. The lowest BCUT2D eigenvalue weighted by Crippen LogP contribution is -2.42. The van der Waals surface area contributed by atoms with Crippen molar-refractivity contribution in [3.63, 3.8) is 0 Å². The maximum absolute atomic E-state index is 11.8. The Morgan fingerprint density at radius 3 is 1.91 bits per heavy atom. The highest BCUT2D eigenvalue weighted by Crippen LogP contribution is 2.30. The smallest absolute Gasteiger partial charge is 0.366 e. The summed E-state index contributed by atoms with van der Waals surface area (Å²) >= 11 is 0. The second-order valence-corrected chi connectivity index (χ2v) is 2.82. The van der Waals surface area contributed by atoms with Crippen molar-refractivity contribution >= 4 is 13.6 Å². The lowest BCUT2D eigenvalue weighted by atomic mass is 10.3. The van der Waals surface area contributed by atoms with E-state index in [0.717, 1.165) is 0 Å². The molecule has 0 spiro atoms. The van der Waals surface area contributed by atoms with Gasteiger partial charge in [0, 0.05) is 0 Å². The number of carboxylic acids is 1. The van der Waals surface area contributed by atoms with Crippen molar-refractivity contribution in [2.75, 3.05) is 0 Å². The molecule has 0 aliphatic heterocycles. The molecule has 0 rings (SSSR count). The zero-order chi connectivity index (χ0) is 9.23. The third kappa shape index (κ3) is 1.62. The van der Waals surface area contributed by atoms with E-state index in [-0.39, 0.29) is 0 Å². The minimum Gasteiger partial charge on any atom is -0.478 e. The maximum Gasteiger partial charge on any atom is 0.366 e. The van der Waals surface area contributed by atoms with Crippen molar-refractivity contribution in [1.82, 2.24) is 0 Å². The predicted octanol–water partition coefficient (Wildman–Crippen LogP) is -0.780. The number of hydrogen-bond acceptors (Lipinski definition) is 5. The highest BCUT2D eigenvalue weighted by atomic mass is 31.1. The molecule has 0 aromatic carbocycles. The Balaban J connectivity index is 4.99. The third-order valence-corrected chi connectivity index (χ3v) is 1.89. The van der Waals surface area contributed by atoms with Gasteiger partial charge in [0.25, 0.3) is 6.36 Å². The first-order valence-electron chi connectivity index (χ1n) is 2.26. The van der Waals surface area contributed by atoms with Crippen LogP contribution in [0.5, 0.6) is 0 Å². The fourth-order valence-electron chi connectivity index (χ4n) is 0.267. The van der Waals surface area contributed by atoms with Crippen molar-refractivity contribution in [1.29, 1.82) is 0 Å². The molecule has 0 aliphatic carbocycles. The molecule has 8 heteroatoms. The van der Waals surface area contributed by atoms with Gasteiger partial charge in [-0.05, 0) is 0 Å². The number of rotatable bonds is 3. The lowest BCUT2D eigenvalue weighted by molar-refractivity contribution is -0.168. The van der Waals surface area contributed by atoms with Crippen LogP contribution in [0.1, 0.15) is 0 Å². The summed E-state index contributed by atoms with van der Waals surface area (Å²) in [5.41, 5.74) is 0. The van der Waals surface area contributed by atoms with Crippen molar-refractivity contribution in [2.45, 2.75) is 11.7 Å². The molecule has 0 saturated carbocycles. The van der Waals surface area contributed by atoms with E-state index in [4.69, 9.17) is 15.3 Å². The molecule has 6 nitrogen and oxygen atoms in total. The standard InChI is InChI=1S/C3H4FO6P/c4-1(5)3(8,2(6)7)11(9)10/h1,5,8H,(H,6,7). The highest BCUT2D eigenvalue weighted by molar-refractivity contribution is 7.34. The van der Waals surface area contributed by atoms with Crippen LogP contribution in [0.15, 0.2) is 0 Å². The van der Waals surface area contributed by atoms with E-state index < -0.39 is 25.3 Å². The molecule has 0 aromatic heterocycles. The summed E-state index contributed by atoms with van der Waals surface area (Å²) in [5, 5.41) is 20.6. The monoisotopic (exact) mass is 186 g/mol. The fourth-order valence-corrected chi connectivity index (χ4v) is 0.597. The first-order chi connectivity index (χ1) is 4.83. The molecule has 3 N–H and O–H groups in total. The number of carbonyl (C=O) groups is 1. The summed E-state index contributed by atoms with van der Waals surface area (Å²) in [6.07, 6.45) is -3.36. The van der Waals surface area contributed by atoms with Crippen LogP contribution in [0.4, 0.5) is 4.39 Å². The normalized spacial score (nSPS) is 18.5. The van der Waals surface area contributed by atoms with Gasteiger partial charge in [0.2, 0.25) is 0 Å². The summed E-state index contributed by atoms with van der Waals surface area (Å²) < 4.78 is 31.6. The average molecular weight is 186 g/mol. The average Bonchev–Trinajstić information content (AvgIpc) is 1.84. The Morgan fingerprint density at radius 1 is 1.55 bits per heavy atom. The van der Waals surface area contributed by atoms with Gasteiger partial charge in [-0.3, -0.25) is 0 Å². The second kappa shape index (κ2) is 3.08. The van der Waals surface area contributed by atoms with E-state index in [9.17, 15) is 18.3 Å². The Kier molecular flexibility index (Phi) is 2.86. The molecule has 0 amide bonds. The van der Waals surface area contributed by atoms with E-state index in [1.165, 1.54) is 0 Å². The van der Waals surface area contributed by atoms with E-state index in [1.54, 1.807) is 0 Å². The summed E-state index contributed by atoms with van der Waals surface area (Å²) in [6, 6.07) is 0. The van der Waals surface area contributed by atoms with Crippen LogP contribution >= 0.6 is 7.68 Å². The van der Waals surface area contributed by atoms with Gasteiger partial charge in [-0.25, -0.2) is 18.3 Å². The number of alkyl halides is 1. The largest absolute Gasteiger partial charge is 0.478 e. The van der Waals surface area contributed by atoms with Gasteiger partial charge in [-0.1, -0.05) is 0 Å². The topological polar surface area (TPSA) is 112 Å². The molecule has 0 saturated heterocycles. The molecule has 64 valence electrons. The van der Waals surface area contributed by atoms with Gasteiger partial charge in [-0.15, -0.1) is 0 Å². The maximum atomic E-state index is 11.8. The Bertz CT molecular complexity index is 226. The quantitative estimate of drug-likeness (QED) is 0.498.